The van der Waals surface area contributed by atoms with Crippen LogP contribution in [0.5, 0.6) is 0 Å². The Balaban J connectivity index is 2.46. The fraction of sp³-hybridized carbons (Fsp3) is 0.333. The van der Waals surface area contributed by atoms with Crippen LogP contribution in [-0.4, -0.2) is 10.0 Å². The summed E-state index contributed by atoms with van der Waals surface area (Å²) < 4.78 is 0. The lowest BCUT2D eigenvalue weighted by Gasteiger charge is -2.30. The van der Waals surface area contributed by atoms with E-state index in [9.17, 15) is 0 Å². The molecule has 0 aromatic carbocycles. The monoisotopic (exact) mass is 233 g/mol. The second-order valence-electron chi connectivity index (χ2n) is 4.20. The van der Waals surface area contributed by atoms with Gasteiger partial charge in [-0.3, -0.25) is 9.98 Å². The van der Waals surface area contributed by atoms with Crippen molar-refractivity contribution in [1.82, 2.24) is 4.98 Å². The van der Waals surface area contributed by atoms with Crippen LogP contribution in [-0.2, 0) is 5.54 Å². The molecule has 0 aliphatic carbocycles. The summed E-state index contributed by atoms with van der Waals surface area (Å²) in [6.07, 6.45) is 2.54. The van der Waals surface area contributed by atoms with Gasteiger partial charge in [0.25, 0.3) is 0 Å². The van der Waals surface area contributed by atoms with E-state index in [0.717, 1.165) is 27.8 Å². The van der Waals surface area contributed by atoms with Crippen LogP contribution in [0.3, 0.4) is 0 Å². The molecule has 0 saturated heterocycles. The second-order valence-corrected chi connectivity index (χ2v) is 5.57. The molecule has 0 spiro atoms. The number of aromatic nitrogens is 1. The third kappa shape index (κ3) is 2.11. The SMILES string of the molecule is C=C1C[C@@](C)(c2cc(N)ccn2)N=C(C)S1. The molecule has 1 aromatic rings. The Kier molecular flexibility index (Phi) is 2.76. The number of nitrogens with zero attached hydrogens (tertiary/aromatic N) is 2. The number of pyridine rings is 1. The molecule has 2 N–H and O–H groups in total. The predicted molar refractivity (Wildman–Crippen MR) is 70.5 cm³/mol. The van der Waals surface area contributed by atoms with Crippen molar-refractivity contribution < 1.29 is 0 Å². The smallest absolute Gasteiger partial charge is 0.105 e. The first-order chi connectivity index (χ1) is 7.49. The number of hydrogen-bond donors (Lipinski definition) is 1. The lowest BCUT2D eigenvalue weighted by atomic mass is 9.93. The first kappa shape index (κ1) is 11.2. The van der Waals surface area contributed by atoms with E-state index < -0.39 is 0 Å². The zero-order valence-corrected chi connectivity index (χ0v) is 10.3. The van der Waals surface area contributed by atoms with Gasteiger partial charge in [0.15, 0.2) is 0 Å². The van der Waals surface area contributed by atoms with Crippen LogP contribution in [0, 0.1) is 0 Å². The third-order valence-corrected chi connectivity index (χ3v) is 3.39. The highest BCUT2D eigenvalue weighted by Crippen LogP contribution is 2.40. The van der Waals surface area contributed by atoms with E-state index in [1.165, 1.54) is 0 Å². The molecular formula is C12H15N3S. The predicted octanol–water partition coefficient (Wildman–Crippen LogP) is 2.95. The maximum absolute atomic E-state index is 5.78. The number of aliphatic imine (C=N–C) groups is 1. The molecule has 1 atom stereocenters. The average molecular weight is 233 g/mol. The minimum atomic E-state index is -0.318. The maximum atomic E-state index is 5.78. The van der Waals surface area contributed by atoms with E-state index in [0.29, 0.717) is 0 Å². The number of rotatable bonds is 1. The first-order valence-corrected chi connectivity index (χ1v) is 5.95. The minimum Gasteiger partial charge on any atom is -0.399 e. The van der Waals surface area contributed by atoms with Gasteiger partial charge in [-0.2, -0.15) is 0 Å². The van der Waals surface area contributed by atoms with E-state index in [1.54, 1.807) is 24.0 Å². The lowest BCUT2D eigenvalue weighted by molar-refractivity contribution is 0.486. The zero-order chi connectivity index (χ0) is 11.8. The number of nitrogens with two attached hydrogens (primary N) is 1. The summed E-state index contributed by atoms with van der Waals surface area (Å²) in [6, 6.07) is 3.68. The van der Waals surface area contributed by atoms with Crippen molar-refractivity contribution in [3.8, 4) is 0 Å². The second kappa shape index (κ2) is 3.94. The quantitative estimate of drug-likeness (QED) is 0.811. The molecule has 2 rings (SSSR count). The van der Waals surface area contributed by atoms with Gasteiger partial charge >= 0.3 is 0 Å². The van der Waals surface area contributed by atoms with Crippen LogP contribution >= 0.6 is 11.8 Å². The molecular weight excluding hydrogens is 218 g/mol. The number of hydrogen-bond acceptors (Lipinski definition) is 4. The maximum Gasteiger partial charge on any atom is 0.105 e. The van der Waals surface area contributed by atoms with Crippen molar-refractivity contribution in [2.45, 2.75) is 25.8 Å². The Morgan fingerprint density at radius 1 is 1.56 bits per heavy atom. The summed E-state index contributed by atoms with van der Waals surface area (Å²) >= 11 is 1.64. The molecule has 0 fully saturated rings. The number of nitrogen functional groups attached to an aromatic ring is 1. The van der Waals surface area contributed by atoms with Crippen molar-refractivity contribution in [1.29, 1.82) is 0 Å². The van der Waals surface area contributed by atoms with Crippen LogP contribution in [0.25, 0.3) is 0 Å². The van der Waals surface area contributed by atoms with Crippen LogP contribution in [0.4, 0.5) is 5.69 Å². The molecule has 16 heavy (non-hydrogen) atoms. The molecule has 0 radical (unpaired) electrons. The van der Waals surface area contributed by atoms with Crippen molar-refractivity contribution >= 4 is 22.5 Å². The van der Waals surface area contributed by atoms with Crippen molar-refractivity contribution in [3.63, 3.8) is 0 Å². The molecule has 1 aliphatic rings. The van der Waals surface area contributed by atoms with Gasteiger partial charge in [-0.1, -0.05) is 18.3 Å². The standard InChI is InChI=1S/C12H15N3S/c1-8-7-12(3,15-9(2)16-8)11-6-10(13)4-5-14-11/h4-6H,1,7H2,2-3H3,(H2,13,14)/t12-/m0/s1. The molecule has 4 heteroatoms. The molecule has 0 bridgehead atoms. The summed E-state index contributed by atoms with van der Waals surface area (Å²) in [7, 11) is 0. The largest absolute Gasteiger partial charge is 0.399 e. The molecule has 0 unspecified atom stereocenters. The van der Waals surface area contributed by atoms with Gasteiger partial charge in [-0.05, 0) is 30.9 Å². The van der Waals surface area contributed by atoms with Crippen molar-refractivity contribution in [2.75, 3.05) is 5.73 Å². The molecule has 0 saturated carbocycles. The highest BCUT2D eigenvalue weighted by atomic mass is 32.2. The van der Waals surface area contributed by atoms with E-state index in [4.69, 9.17) is 5.73 Å². The van der Waals surface area contributed by atoms with Gasteiger partial charge < -0.3 is 5.73 Å². The topological polar surface area (TPSA) is 51.3 Å². The van der Waals surface area contributed by atoms with Gasteiger partial charge in [0.2, 0.25) is 0 Å². The summed E-state index contributed by atoms with van der Waals surface area (Å²) in [6.45, 7) is 8.10. The van der Waals surface area contributed by atoms with E-state index >= 15 is 0 Å². The Labute approximate surface area is 99.9 Å². The molecule has 84 valence electrons. The highest BCUT2D eigenvalue weighted by molar-refractivity contribution is 8.17. The Morgan fingerprint density at radius 2 is 2.31 bits per heavy atom. The van der Waals surface area contributed by atoms with Gasteiger partial charge in [0.1, 0.15) is 5.54 Å². The van der Waals surface area contributed by atoms with E-state index in [-0.39, 0.29) is 5.54 Å². The lowest BCUT2D eigenvalue weighted by Crippen LogP contribution is -2.25. The molecule has 3 nitrogen and oxygen atoms in total. The van der Waals surface area contributed by atoms with Gasteiger partial charge in [-0.25, -0.2) is 0 Å². The first-order valence-electron chi connectivity index (χ1n) is 5.14. The fourth-order valence-corrected chi connectivity index (χ4v) is 2.95. The average Bonchev–Trinajstić information content (AvgIpc) is 2.15. The summed E-state index contributed by atoms with van der Waals surface area (Å²) in [4.78, 5) is 10.2. The van der Waals surface area contributed by atoms with Crippen molar-refractivity contribution in [2.24, 2.45) is 4.99 Å². The summed E-state index contributed by atoms with van der Waals surface area (Å²) in [5, 5.41) is 1.03. The normalized spacial score (nSPS) is 25.4. The molecule has 2 heterocycles. The Morgan fingerprint density at radius 3 is 2.94 bits per heavy atom. The van der Waals surface area contributed by atoms with Crippen LogP contribution in [0.1, 0.15) is 26.0 Å². The molecule has 0 amide bonds. The van der Waals surface area contributed by atoms with Crippen LogP contribution in [0.15, 0.2) is 34.8 Å². The highest BCUT2D eigenvalue weighted by Gasteiger charge is 2.32. The Bertz CT molecular complexity index is 467. The third-order valence-electron chi connectivity index (χ3n) is 2.57. The van der Waals surface area contributed by atoms with Crippen LogP contribution < -0.4 is 5.73 Å². The van der Waals surface area contributed by atoms with Gasteiger partial charge in [0, 0.05) is 18.3 Å². The molecule has 1 aromatic heterocycles. The van der Waals surface area contributed by atoms with Gasteiger partial charge in [0.05, 0.1) is 10.7 Å². The van der Waals surface area contributed by atoms with Crippen molar-refractivity contribution in [3.05, 3.63) is 35.5 Å². The van der Waals surface area contributed by atoms with Crippen LogP contribution in [0.2, 0.25) is 0 Å². The van der Waals surface area contributed by atoms with E-state index in [2.05, 4.69) is 23.5 Å². The summed E-state index contributed by atoms with van der Waals surface area (Å²) in [5.41, 5.74) is 7.10. The Hall–Kier alpha value is -1.29. The fourth-order valence-electron chi connectivity index (χ4n) is 1.93. The zero-order valence-electron chi connectivity index (χ0n) is 9.53. The minimum absolute atomic E-state index is 0.318. The number of anilines is 1. The van der Waals surface area contributed by atoms with Gasteiger partial charge in [-0.15, -0.1) is 0 Å². The molecule has 1 aliphatic heterocycles. The number of thioether (sulfide) groups is 1. The summed E-state index contributed by atoms with van der Waals surface area (Å²) in [5.74, 6) is 0. The van der Waals surface area contributed by atoms with E-state index in [1.807, 2.05) is 13.0 Å².